The zero-order valence-corrected chi connectivity index (χ0v) is 10.3. The highest BCUT2D eigenvalue weighted by atomic mass is 16.3. The Hall–Kier alpha value is -2.04. The molecule has 0 fully saturated rings. The molecule has 0 spiro atoms. The first-order valence-corrected chi connectivity index (χ1v) is 5.21. The Bertz CT molecular complexity index is 394. The molecule has 2 N–H and O–H groups in total. The van der Waals surface area contributed by atoms with Gasteiger partial charge in [0, 0.05) is 12.6 Å². The predicted octanol–water partition coefficient (Wildman–Crippen LogP) is 2.57. The van der Waals surface area contributed by atoms with E-state index in [2.05, 4.69) is 16.9 Å². The molecule has 0 saturated carbocycles. The summed E-state index contributed by atoms with van der Waals surface area (Å²) in [5.74, 6) is 1.07. The number of carbonyl (C=O) groups is 1. The Kier molecular flexibility index (Phi) is 8.10. The smallest absolute Gasteiger partial charge is 0.290 e. The molecule has 0 radical (unpaired) electrons. The number of furan rings is 1. The largest absolute Gasteiger partial charge is 0.483 e. The highest BCUT2D eigenvalue weighted by molar-refractivity contribution is 5.32. The number of aromatic amines is 1. The monoisotopic (exact) mass is 238 g/mol. The molecule has 2 heterocycles. The number of imidazole rings is 1. The lowest BCUT2D eigenvalue weighted by Crippen LogP contribution is -1.80. The summed E-state index contributed by atoms with van der Waals surface area (Å²) in [6.45, 7) is 5.80. The third-order valence-corrected chi connectivity index (χ3v) is 1.76. The van der Waals surface area contributed by atoms with Gasteiger partial charge in [0.25, 0.3) is 6.47 Å². The first-order chi connectivity index (χ1) is 8.13. The van der Waals surface area contributed by atoms with E-state index in [0.29, 0.717) is 0 Å². The van der Waals surface area contributed by atoms with E-state index in [0.717, 1.165) is 17.9 Å². The second kappa shape index (κ2) is 9.21. The summed E-state index contributed by atoms with van der Waals surface area (Å²) in [6.07, 6.45) is 6.28. The van der Waals surface area contributed by atoms with Crippen LogP contribution in [0.5, 0.6) is 0 Å². The van der Waals surface area contributed by atoms with E-state index in [-0.39, 0.29) is 6.47 Å². The zero-order valence-electron chi connectivity index (χ0n) is 10.3. The van der Waals surface area contributed by atoms with Crippen LogP contribution in [0.4, 0.5) is 0 Å². The summed E-state index contributed by atoms with van der Waals surface area (Å²) in [7, 11) is 0. The minimum Gasteiger partial charge on any atom is -0.483 e. The number of H-pyrrole nitrogens is 1. The maximum absolute atomic E-state index is 8.36. The highest BCUT2D eigenvalue weighted by Gasteiger charge is 1.89. The van der Waals surface area contributed by atoms with Gasteiger partial charge in [0.15, 0.2) is 0 Å². The van der Waals surface area contributed by atoms with E-state index >= 15 is 0 Å². The summed E-state index contributed by atoms with van der Waals surface area (Å²) in [6, 6.07) is 1.92. The van der Waals surface area contributed by atoms with Crippen LogP contribution in [0, 0.1) is 13.8 Å². The van der Waals surface area contributed by atoms with E-state index in [1.165, 1.54) is 5.56 Å². The maximum Gasteiger partial charge on any atom is 0.290 e. The SMILES string of the molecule is CCc1nc(C)c[nH]1.Cc1ccoc1.O=CO. The molecule has 5 heteroatoms. The van der Waals surface area contributed by atoms with E-state index in [1.54, 1.807) is 12.5 Å². The average molecular weight is 238 g/mol. The molecule has 2 aromatic heterocycles. The number of rotatable bonds is 1. The number of hydrogen-bond acceptors (Lipinski definition) is 3. The van der Waals surface area contributed by atoms with Gasteiger partial charge in [0.2, 0.25) is 0 Å². The molecular weight excluding hydrogens is 220 g/mol. The van der Waals surface area contributed by atoms with Gasteiger partial charge in [-0.1, -0.05) is 6.92 Å². The van der Waals surface area contributed by atoms with Crippen LogP contribution in [-0.4, -0.2) is 21.5 Å². The third kappa shape index (κ3) is 7.84. The molecule has 2 rings (SSSR count). The summed E-state index contributed by atoms with van der Waals surface area (Å²) >= 11 is 0. The Morgan fingerprint density at radius 2 is 2.18 bits per heavy atom. The second-order valence-corrected chi connectivity index (χ2v) is 3.25. The molecule has 0 aliphatic carbocycles. The van der Waals surface area contributed by atoms with Gasteiger partial charge >= 0.3 is 0 Å². The summed E-state index contributed by atoms with van der Waals surface area (Å²) in [5, 5.41) is 6.89. The molecule has 0 aliphatic heterocycles. The number of aryl methyl sites for hydroxylation is 3. The molecular formula is C12H18N2O3. The minimum absolute atomic E-state index is 0.250. The fourth-order valence-electron chi connectivity index (χ4n) is 0.979. The lowest BCUT2D eigenvalue weighted by atomic mass is 10.4. The normalized spacial score (nSPS) is 8.41. The molecule has 5 nitrogen and oxygen atoms in total. The van der Waals surface area contributed by atoms with E-state index in [4.69, 9.17) is 14.3 Å². The lowest BCUT2D eigenvalue weighted by Gasteiger charge is -1.80. The second-order valence-electron chi connectivity index (χ2n) is 3.25. The number of carboxylic acid groups (broad SMARTS) is 1. The molecule has 0 unspecified atom stereocenters. The molecule has 17 heavy (non-hydrogen) atoms. The van der Waals surface area contributed by atoms with Crippen molar-refractivity contribution in [1.82, 2.24) is 9.97 Å². The number of nitrogens with one attached hydrogen (secondary N) is 1. The number of nitrogens with zero attached hydrogens (tertiary/aromatic N) is 1. The van der Waals surface area contributed by atoms with Crippen LogP contribution >= 0.6 is 0 Å². The standard InChI is InChI=1S/C6H10N2.C5H6O.CH2O2/c1-3-6-7-4-5(2)8-6;1-5-2-3-6-4-5;2-1-3/h4H,3H2,1-2H3,(H,7,8);2-4H,1H3;1H,(H,2,3). The average Bonchev–Trinajstić information content (AvgIpc) is 2.91. The Morgan fingerprint density at radius 3 is 2.35 bits per heavy atom. The van der Waals surface area contributed by atoms with Gasteiger partial charge in [0.1, 0.15) is 5.82 Å². The Labute approximate surface area is 101 Å². The van der Waals surface area contributed by atoms with Gasteiger partial charge in [0.05, 0.1) is 18.2 Å². The topological polar surface area (TPSA) is 79.1 Å². The quantitative estimate of drug-likeness (QED) is 0.748. The summed E-state index contributed by atoms with van der Waals surface area (Å²) < 4.78 is 4.71. The van der Waals surface area contributed by atoms with Crippen molar-refractivity contribution in [3.05, 3.63) is 41.9 Å². The number of aromatic nitrogens is 2. The predicted molar refractivity (Wildman–Crippen MR) is 64.8 cm³/mol. The minimum atomic E-state index is -0.250. The first kappa shape index (κ1) is 15.0. The van der Waals surface area contributed by atoms with Crippen LogP contribution in [-0.2, 0) is 11.2 Å². The van der Waals surface area contributed by atoms with Crippen molar-refractivity contribution in [1.29, 1.82) is 0 Å². The lowest BCUT2D eigenvalue weighted by molar-refractivity contribution is -0.122. The molecule has 0 saturated heterocycles. The fourth-order valence-corrected chi connectivity index (χ4v) is 0.979. The maximum atomic E-state index is 8.36. The molecule has 94 valence electrons. The van der Waals surface area contributed by atoms with E-state index < -0.39 is 0 Å². The van der Waals surface area contributed by atoms with E-state index in [9.17, 15) is 0 Å². The van der Waals surface area contributed by atoms with Crippen LogP contribution in [0.2, 0.25) is 0 Å². The van der Waals surface area contributed by atoms with Gasteiger partial charge in [-0.25, -0.2) is 4.98 Å². The Morgan fingerprint density at radius 1 is 1.53 bits per heavy atom. The fraction of sp³-hybridized carbons (Fsp3) is 0.333. The molecule has 0 amide bonds. The van der Waals surface area contributed by atoms with Gasteiger partial charge in [-0.3, -0.25) is 4.79 Å². The highest BCUT2D eigenvalue weighted by Crippen LogP contribution is 1.94. The van der Waals surface area contributed by atoms with Gasteiger partial charge in [-0.15, -0.1) is 0 Å². The molecule has 0 aromatic carbocycles. The van der Waals surface area contributed by atoms with Crippen molar-refractivity contribution >= 4 is 6.47 Å². The van der Waals surface area contributed by atoms with Gasteiger partial charge < -0.3 is 14.5 Å². The Balaban J connectivity index is 0.000000252. The molecule has 0 aliphatic rings. The number of hydrogen-bond donors (Lipinski definition) is 2. The van der Waals surface area contributed by atoms with Crippen molar-refractivity contribution in [2.45, 2.75) is 27.2 Å². The van der Waals surface area contributed by atoms with Gasteiger partial charge in [-0.05, 0) is 25.5 Å². The van der Waals surface area contributed by atoms with Crippen molar-refractivity contribution in [3.63, 3.8) is 0 Å². The van der Waals surface area contributed by atoms with Crippen LogP contribution < -0.4 is 0 Å². The van der Waals surface area contributed by atoms with Crippen molar-refractivity contribution in [2.24, 2.45) is 0 Å². The van der Waals surface area contributed by atoms with Crippen LogP contribution in [0.1, 0.15) is 24.0 Å². The summed E-state index contributed by atoms with van der Waals surface area (Å²) in [4.78, 5) is 15.6. The van der Waals surface area contributed by atoms with Crippen molar-refractivity contribution < 1.29 is 14.3 Å². The molecule has 0 atom stereocenters. The van der Waals surface area contributed by atoms with Crippen LogP contribution in [0.15, 0.2) is 29.2 Å². The van der Waals surface area contributed by atoms with Crippen LogP contribution in [0.3, 0.4) is 0 Å². The van der Waals surface area contributed by atoms with Crippen LogP contribution in [0.25, 0.3) is 0 Å². The van der Waals surface area contributed by atoms with Gasteiger partial charge in [-0.2, -0.15) is 0 Å². The zero-order chi connectivity index (χ0) is 13.1. The summed E-state index contributed by atoms with van der Waals surface area (Å²) in [5.41, 5.74) is 2.25. The molecule has 2 aromatic rings. The molecule has 0 bridgehead atoms. The van der Waals surface area contributed by atoms with Crippen molar-refractivity contribution in [2.75, 3.05) is 0 Å². The van der Waals surface area contributed by atoms with E-state index in [1.807, 2.05) is 26.1 Å². The first-order valence-electron chi connectivity index (χ1n) is 5.21. The van der Waals surface area contributed by atoms with Crippen molar-refractivity contribution in [3.8, 4) is 0 Å². The third-order valence-electron chi connectivity index (χ3n) is 1.76.